The van der Waals surface area contributed by atoms with Crippen LogP contribution < -0.4 is 10.1 Å². The molecule has 0 amide bonds. The predicted octanol–water partition coefficient (Wildman–Crippen LogP) is 2.61. The number of hydrogen-bond donors (Lipinski definition) is 2. The van der Waals surface area contributed by atoms with Crippen LogP contribution in [0.5, 0.6) is 5.75 Å². The molecule has 0 spiro atoms. The SMILES string of the molecule is COc1cccc(C(CO)NC(C)c2ccc(F)cn2)c1. The first-order valence-electron chi connectivity index (χ1n) is 6.76. The van der Waals surface area contributed by atoms with Crippen molar-refractivity contribution < 1.29 is 14.2 Å². The predicted molar refractivity (Wildman–Crippen MR) is 78.6 cm³/mol. The summed E-state index contributed by atoms with van der Waals surface area (Å²) in [4.78, 5) is 4.05. The van der Waals surface area contributed by atoms with Gasteiger partial charge in [-0.1, -0.05) is 12.1 Å². The molecule has 0 aliphatic carbocycles. The Labute approximate surface area is 123 Å². The van der Waals surface area contributed by atoms with E-state index in [1.165, 1.54) is 12.3 Å². The number of aliphatic hydroxyl groups excluding tert-OH is 1. The van der Waals surface area contributed by atoms with Gasteiger partial charge in [0.25, 0.3) is 0 Å². The number of methoxy groups -OCH3 is 1. The van der Waals surface area contributed by atoms with Gasteiger partial charge in [-0.2, -0.15) is 0 Å². The summed E-state index contributed by atoms with van der Waals surface area (Å²) in [6, 6.07) is 10.2. The van der Waals surface area contributed by atoms with E-state index < -0.39 is 0 Å². The number of hydrogen-bond acceptors (Lipinski definition) is 4. The van der Waals surface area contributed by atoms with E-state index >= 15 is 0 Å². The van der Waals surface area contributed by atoms with Crippen molar-refractivity contribution in [3.05, 3.63) is 59.7 Å². The molecule has 0 aliphatic heterocycles. The zero-order valence-electron chi connectivity index (χ0n) is 12.1. The third-order valence-electron chi connectivity index (χ3n) is 3.32. The Balaban J connectivity index is 2.12. The lowest BCUT2D eigenvalue weighted by molar-refractivity contribution is 0.234. The number of nitrogens with one attached hydrogen (secondary N) is 1. The lowest BCUT2D eigenvalue weighted by Gasteiger charge is -2.22. The van der Waals surface area contributed by atoms with Gasteiger partial charge in [0, 0.05) is 6.04 Å². The van der Waals surface area contributed by atoms with Crippen molar-refractivity contribution in [2.24, 2.45) is 0 Å². The number of halogens is 1. The monoisotopic (exact) mass is 290 g/mol. The Hall–Kier alpha value is -1.98. The second kappa shape index (κ2) is 7.15. The molecule has 2 aromatic rings. The zero-order valence-corrected chi connectivity index (χ0v) is 12.1. The van der Waals surface area contributed by atoms with E-state index in [1.807, 2.05) is 31.2 Å². The van der Waals surface area contributed by atoms with Crippen LogP contribution in [-0.4, -0.2) is 23.8 Å². The van der Waals surface area contributed by atoms with Crippen LogP contribution in [0, 0.1) is 5.82 Å². The van der Waals surface area contributed by atoms with Crippen molar-refractivity contribution >= 4 is 0 Å². The summed E-state index contributed by atoms with van der Waals surface area (Å²) < 4.78 is 18.1. The Kier molecular flexibility index (Phi) is 5.25. The average Bonchev–Trinajstić information content (AvgIpc) is 2.53. The summed E-state index contributed by atoms with van der Waals surface area (Å²) in [5.41, 5.74) is 1.64. The molecule has 0 radical (unpaired) electrons. The lowest BCUT2D eigenvalue weighted by atomic mass is 10.1. The number of rotatable bonds is 6. The smallest absolute Gasteiger partial charge is 0.141 e. The molecule has 1 aromatic heterocycles. The van der Waals surface area contributed by atoms with Crippen molar-refractivity contribution in [2.45, 2.75) is 19.0 Å². The molecule has 2 rings (SSSR count). The maximum atomic E-state index is 12.9. The van der Waals surface area contributed by atoms with E-state index in [-0.39, 0.29) is 24.5 Å². The van der Waals surface area contributed by atoms with Gasteiger partial charge in [0.1, 0.15) is 11.6 Å². The van der Waals surface area contributed by atoms with Crippen LogP contribution in [0.4, 0.5) is 4.39 Å². The number of aromatic nitrogens is 1. The summed E-state index contributed by atoms with van der Waals surface area (Å²) in [5, 5.41) is 12.9. The maximum absolute atomic E-state index is 12.9. The number of pyridine rings is 1. The van der Waals surface area contributed by atoms with Crippen LogP contribution in [0.2, 0.25) is 0 Å². The number of ether oxygens (including phenoxy) is 1. The van der Waals surface area contributed by atoms with Gasteiger partial charge >= 0.3 is 0 Å². The molecular weight excluding hydrogens is 271 g/mol. The average molecular weight is 290 g/mol. The molecule has 0 aliphatic rings. The van der Waals surface area contributed by atoms with Crippen LogP contribution in [-0.2, 0) is 0 Å². The standard InChI is InChI=1S/C16H19FN2O2/c1-11(15-7-6-13(17)9-18-15)19-16(10-20)12-4-3-5-14(8-12)21-2/h3-9,11,16,19-20H,10H2,1-2H3. The van der Waals surface area contributed by atoms with Gasteiger partial charge in [-0.05, 0) is 36.8 Å². The maximum Gasteiger partial charge on any atom is 0.141 e. The van der Waals surface area contributed by atoms with Gasteiger partial charge in [0.2, 0.25) is 0 Å². The van der Waals surface area contributed by atoms with Crippen LogP contribution in [0.25, 0.3) is 0 Å². The van der Waals surface area contributed by atoms with Crippen molar-refractivity contribution in [2.75, 3.05) is 13.7 Å². The minimum Gasteiger partial charge on any atom is -0.497 e. The molecule has 21 heavy (non-hydrogen) atoms. The Morgan fingerprint density at radius 2 is 2.14 bits per heavy atom. The van der Waals surface area contributed by atoms with Gasteiger partial charge in [-0.15, -0.1) is 0 Å². The van der Waals surface area contributed by atoms with Gasteiger partial charge in [-0.25, -0.2) is 4.39 Å². The first-order chi connectivity index (χ1) is 10.1. The van der Waals surface area contributed by atoms with Crippen LogP contribution in [0.15, 0.2) is 42.6 Å². The molecule has 0 fully saturated rings. The molecule has 1 heterocycles. The minimum atomic E-state index is -0.363. The van der Waals surface area contributed by atoms with Gasteiger partial charge in [-0.3, -0.25) is 10.3 Å². The second-order valence-electron chi connectivity index (χ2n) is 4.80. The van der Waals surface area contributed by atoms with E-state index in [4.69, 9.17) is 4.74 Å². The molecule has 4 nitrogen and oxygen atoms in total. The summed E-state index contributed by atoms with van der Waals surface area (Å²) in [7, 11) is 1.60. The lowest BCUT2D eigenvalue weighted by Crippen LogP contribution is -2.27. The molecule has 2 unspecified atom stereocenters. The Bertz CT molecular complexity index is 575. The number of benzene rings is 1. The third kappa shape index (κ3) is 4.00. The molecule has 0 saturated heterocycles. The molecule has 1 aromatic carbocycles. The van der Waals surface area contributed by atoms with Crippen molar-refractivity contribution in [3.8, 4) is 5.75 Å². The van der Waals surface area contributed by atoms with Crippen LogP contribution in [0.1, 0.15) is 30.3 Å². The quantitative estimate of drug-likeness (QED) is 0.858. The van der Waals surface area contributed by atoms with Gasteiger partial charge in [0.05, 0.1) is 31.6 Å². The molecule has 0 saturated carbocycles. The molecule has 5 heteroatoms. The summed E-state index contributed by atoms with van der Waals surface area (Å²) in [6.07, 6.45) is 1.19. The normalized spacial score (nSPS) is 13.7. The molecule has 2 N–H and O–H groups in total. The van der Waals surface area contributed by atoms with E-state index in [1.54, 1.807) is 13.2 Å². The topological polar surface area (TPSA) is 54.4 Å². The highest BCUT2D eigenvalue weighted by Crippen LogP contribution is 2.22. The molecule has 112 valence electrons. The number of nitrogens with zero attached hydrogens (tertiary/aromatic N) is 1. The Morgan fingerprint density at radius 1 is 1.33 bits per heavy atom. The fourth-order valence-electron chi connectivity index (χ4n) is 2.14. The fraction of sp³-hybridized carbons (Fsp3) is 0.312. The van der Waals surface area contributed by atoms with E-state index in [2.05, 4.69) is 10.3 Å². The zero-order chi connectivity index (χ0) is 15.2. The molecule has 0 bridgehead atoms. The molecular formula is C16H19FN2O2. The second-order valence-corrected chi connectivity index (χ2v) is 4.80. The van der Waals surface area contributed by atoms with E-state index in [0.29, 0.717) is 0 Å². The highest BCUT2D eigenvalue weighted by Gasteiger charge is 2.16. The molecule has 2 atom stereocenters. The van der Waals surface area contributed by atoms with Crippen LogP contribution >= 0.6 is 0 Å². The van der Waals surface area contributed by atoms with Gasteiger partial charge in [0.15, 0.2) is 0 Å². The van der Waals surface area contributed by atoms with Crippen molar-refractivity contribution in [1.82, 2.24) is 10.3 Å². The highest BCUT2D eigenvalue weighted by atomic mass is 19.1. The first-order valence-corrected chi connectivity index (χ1v) is 6.76. The largest absolute Gasteiger partial charge is 0.497 e. The Morgan fingerprint density at radius 3 is 2.76 bits per heavy atom. The first kappa shape index (κ1) is 15.4. The van der Waals surface area contributed by atoms with Crippen molar-refractivity contribution in [1.29, 1.82) is 0 Å². The van der Waals surface area contributed by atoms with Crippen LogP contribution in [0.3, 0.4) is 0 Å². The minimum absolute atomic E-state index is 0.0568. The van der Waals surface area contributed by atoms with Crippen molar-refractivity contribution in [3.63, 3.8) is 0 Å². The number of aliphatic hydroxyl groups is 1. The highest BCUT2D eigenvalue weighted by molar-refractivity contribution is 5.30. The summed E-state index contributed by atoms with van der Waals surface area (Å²) >= 11 is 0. The van der Waals surface area contributed by atoms with E-state index in [0.717, 1.165) is 17.0 Å². The summed E-state index contributed by atoms with van der Waals surface area (Å²) in [6.45, 7) is 1.86. The summed E-state index contributed by atoms with van der Waals surface area (Å²) in [5.74, 6) is 0.373. The van der Waals surface area contributed by atoms with E-state index in [9.17, 15) is 9.50 Å². The van der Waals surface area contributed by atoms with Gasteiger partial charge < -0.3 is 9.84 Å². The fourth-order valence-corrected chi connectivity index (χ4v) is 2.14. The third-order valence-corrected chi connectivity index (χ3v) is 3.32.